The number of carbonyl (C=O) groups is 1. The number of nitrogens with one attached hydrogen (secondary N) is 2. The fourth-order valence-corrected chi connectivity index (χ4v) is 8.96. The molecule has 4 atom stereocenters. The number of nitrogens with zero attached hydrogens (tertiary/aromatic N) is 2. The molecular formula is C34H40N4O9S3. The van der Waals surface area contributed by atoms with Crippen molar-refractivity contribution in [3.05, 3.63) is 113 Å². The van der Waals surface area contributed by atoms with Crippen LogP contribution in [0.25, 0.3) is 10.8 Å². The second kappa shape index (κ2) is 16.8. The molecular weight excluding hydrogens is 705 g/mol. The van der Waals surface area contributed by atoms with Crippen molar-refractivity contribution >= 4 is 53.2 Å². The van der Waals surface area contributed by atoms with E-state index in [4.69, 9.17) is 0 Å². The first kappa shape index (κ1) is 38.7. The first-order valence-corrected chi connectivity index (χ1v) is 20.3. The number of nitro groups is 1. The van der Waals surface area contributed by atoms with E-state index in [-0.39, 0.29) is 29.5 Å². The Kier molecular flexibility index (Phi) is 13.0. The molecule has 0 bridgehead atoms. The molecule has 3 N–H and O–H groups in total. The van der Waals surface area contributed by atoms with Gasteiger partial charge in [0, 0.05) is 30.1 Å². The van der Waals surface area contributed by atoms with Crippen LogP contribution in [0.15, 0.2) is 107 Å². The number of non-ortho nitro benzene ring substituents is 1. The molecule has 0 aliphatic rings. The maximum atomic E-state index is 13.8. The highest BCUT2D eigenvalue weighted by atomic mass is 32.2. The lowest BCUT2D eigenvalue weighted by Gasteiger charge is -2.31. The van der Waals surface area contributed by atoms with Crippen LogP contribution in [-0.2, 0) is 42.1 Å². The van der Waals surface area contributed by atoms with Crippen LogP contribution in [0.2, 0.25) is 0 Å². The third kappa shape index (κ3) is 10.7. The van der Waals surface area contributed by atoms with Crippen LogP contribution >= 0.6 is 0 Å². The number of hydrogen-bond acceptors (Lipinski definition) is 9. The van der Waals surface area contributed by atoms with Gasteiger partial charge in [0.25, 0.3) is 5.69 Å². The molecule has 4 rings (SSSR count). The van der Waals surface area contributed by atoms with Gasteiger partial charge in [-0.05, 0) is 52.9 Å². The third-order valence-corrected chi connectivity index (χ3v) is 11.7. The second-order valence-corrected chi connectivity index (χ2v) is 17.5. The molecule has 0 aliphatic carbocycles. The number of hydrogen-bond donors (Lipinski definition) is 3. The van der Waals surface area contributed by atoms with Crippen LogP contribution < -0.4 is 10.0 Å². The summed E-state index contributed by atoms with van der Waals surface area (Å²) < 4.78 is 69.0. The molecule has 13 nitrogen and oxygen atoms in total. The van der Waals surface area contributed by atoms with Gasteiger partial charge in [0.2, 0.25) is 26.0 Å². The Balaban J connectivity index is 1.62. The van der Waals surface area contributed by atoms with Gasteiger partial charge in [-0.3, -0.25) is 19.1 Å². The van der Waals surface area contributed by atoms with Crippen LogP contribution in [0.3, 0.4) is 0 Å². The lowest BCUT2D eigenvalue weighted by molar-refractivity contribution is -0.384. The number of nitro benzene ring substituents is 1. The molecule has 16 heteroatoms. The minimum Gasteiger partial charge on any atom is -0.390 e. The number of benzene rings is 4. The number of aliphatic hydroxyl groups excluding tert-OH is 1. The van der Waals surface area contributed by atoms with Crippen molar-refractivity contribution in [2.24, 2.45) is 5.92 Å². The minimum absolute atomic E-state index is 0.0224. The molecule has 0 saturated carbocycles. The summed E-state index contributed by atoms with van der Waals surface area (Å²) in [6.07, 6.45) is -0.592. The molecule has 0 spiro atoms. The van der Waals surface area contributed by atoms with Crippen molar-refractivity contribution in [2.75, 3.05) is 25.1 Å². The highest BCUT2D eigenvalue weighted by Crippen LogP contribution is 2.22. The Labute approximate surface area is 294 Å². The summed E-state index contributed by atoms with van der Waals surface area (Å²) in [6.45, 7) is 3.07. The summed E-state index contributed by atoms with van der Waals surface area (Å²) in [5.74, 6) is -1.47. The number of sulfonamides is 2. The van der Waals surface area contributed by atoms with E-state index < -0.39 is 72.2 Å². The van der Waals surface area contributed by atoms with Gasteiger partial charge < -0.3 is 10.4 Å². The smallest absolute Gasteiger partial charge is 0.269 e. The van der Waals surface area contributed by atoms with Crippen LogP contribution in [-0.4, -0.2) is 84.6 Å². The number of carbonyl (C=O) groups excluding carboxylic acids is 1. The Morgan fingerprint density at radius 1 is 0.900 bits per heavy atom. The van der Waals surface area contributed by atoms with Gasteiger partial charge in [0.15, 0.2) is 0 Å². The summed E-state index contributed by atoms with van der Waals surface area (Å²) in [5, 5.41) is 27.1. The van der Waals surface area contributed by atoms with Gasteiger partial charge in [-0.15, -0.1) is 0 Å². The van der Waals surface area contributed by atoms with E-state index in [1.54, 1.807) is 62.4 Å². The largest absolute Gasteiger partial charge is 0.390 e. The van der Waals surface area contributed by atoms with Gasteiger partial charge in [-0.2, -0.15) is 4.31 Å². The fraction of sp³-hybridized carbons (Fsp3) is 0.324. The molecule has 4 aromatic carbocycles. The highest BCUT2D eigenvalue weighted by Gasteiger charge is 2.34. The summed E-state index contributed by atoms with van der Waals surface area (Å²) >= 11 is 0. The highest BCUT2D eigenvalue weighted by molar-refractivity contribution is 7.89. The van der Waals surface area contributed by atoms with E-state index in [1.807, 2.05) is 24.3 Å². The average molecular weight is 745 g/mol. The van der Waals surface area contributed by atoms with Crippen molar-refractivity contribution in [3.63, 3.8) is 0 Å². The molecule has 4 aromatic rings. The normalized spacial score (nSPS) is 14.7. The van der Waals surface area contributed by atoms with Crippen molar-refractivity contribution in [1.82, 2.24) is 14.3 Å². The summed E-state index contributed by atoms with van der Waals surface area (Å²) in [7, 11) is -10.1. The van der Waals surface area contributed by atoms with E-state index in [1.165, 1.54) is 0 Å². The Hall–Kier alpha value is -4.06. The minimum atomic E-state index is -4.26. The van der Waals surface area contributed by atoms with E-state index in [9.17, 15) is 41.1 Å². The lowest BCUT2D eigenvalue weighted by Crippen LogP contribution is -2.56. The monoisotopic (exact) mass is 744 g/mol. The fourth-order valence-electron chi connectivity index (χ4n) is 5.32. The molecule has 50 heavy (non-hydrogen) atoms. The van der Waals surface area contributed by atoms with Crippen LogP contribution in [0, 0.1) is 16.0 Å². The number of rotatable bonds is 17. The van der Waals surface area contributed by atoms with Crippen molar-refractivity contribution in [3.8, 4) is 0 Å². The van der Waals surface area contributed by atoms with Gasteiger partial charge in [-0.25, -0.2) is 21.6 Å². The van der Waals surface area contributed by atoms with Gasteiger partial charge in [0.05, 0.1) is 44.8 Å². The zero-order valence-corrected chi connectivity index (χ0v) is 30.2. The number of fused-ring (bicyclic) bond motifs is 1. The molecule has 268 valence electrons. The number of amides is 1. The van der Waals surface area contributed by atoms with Crippen molar-refractivity contribution in [1.29, 1.82) is 0 Å². The maximum absolute atomic E-state index is 13.8. The zero-order chi connectivity index (χ0) is 36.6. The third-order valence-electron chi connectivity index (χ3n) is 7.71. The Morgan fingerprint density at radius 3 is 2.12 bits per heavy atom. The Bertz CT molecular complexity index is 2040. The Morgan fingerprint density at radius 2 is 1.52 bits per heavy atom. The summed E-state index contributed by atoms with van der Waals surface area (Å²) in [6, 6.07) is 23.1. The first-order chi connectivity index (χ1) is 23.5. The van der Waals surface area contributed by atoms with Crippen LogP contribution in [0.5, 0.6) is 0 Å². The van der Waals surface area contributed by atoms with Crippen molar-refractivity contribution in [2.45, 2.75) is 48.2 Å². The van der Waals surface area contributed by atoms with E-state index in [0.717, 1.165) is 45.6 Å². The first-order valence-electron chi connectivity index (χ1n) is 15.6. The standard InChI is InChI=1S/C34H40N4O9S3/c1-24(2)21-37(50(46,47)30-17-14-28(15-18-30)38(41)42)22-33(39)31(19-25-9-5-4-6-10-25)35-34(40)32(36-49(3,44)45)23-48(43)29-16-13-26-11-7-8-12-27(26)20-29/h4-18,20,24,31-33,36,39H,19,21-23H2,1-3H3,(H,35,40)/t31-,32+,33+,48?/m0/s1. The van der Waals surface area contributed by atoms with Gasteiger partial charge in [0.1, 0.15) is 6.04 Å². The number of aliphatic hydroxyl groups is 1. The van der Waals surface area contributed by atoms with E-state index in [0.29, 0.717) is 10.5 Å². The molecule has 1 unspecified atom stereocenters. The predicted octanol–water partition coefficient (Wildman–Crippen LogP) is 3.21. The molecule has 0 radical (unpaired) electrons. The van der Waals surface area contributed by atoms with Crippen LogP contribution in [0.4, 0.5) is 5.69 Å². The topological polar surface area (TPSA) is 193 Å². The van der Waals surface area contributed by atoms with Gasteiger partial charge >= 0.3 is 0 Å². The van der Waals surface area contributed by atoms with Crippen LogP contribution in [0.1, 0.15) is 19.4 Å². The maximum Gasteiger partial charge on any atom is 0.269 e. The molecule has 0 fully saturated rings. The molecule has 1 amide bonds. The molecule has 0 aliphatic heterocycles. The summed E-state index contributed by atoms with van der Waals surface area (Å²) in [4.78, 5) is 24.5. The van der Waals surface area contributed by atoms with Crippen molar-refractivity contribution < 1.29 is 35.9 Å². The molecule has 0 heterocycles. The average Bonchev–Trinajstić information content (AvgIpc) is 3.06. The lowest BCUT2D eigenvalue weighted by atomic mass is 10.0. The summed E-state index contributed by atoms with van der Waals surface area (Å²) in [5.41, 5.74) is 0.404. The SMILES string of the molecule is CC(C)CN(C[C@@H](O)[C@H](Cc1ccccc1)NC(=O)[C@@H](CS(=O)c1ccc2ccccc2c1)NS(C)(=O)=O)S(=O)(=O)c1ccc([N+](=O)[O-])cc1. The molecule has 0 aromatic heterocycles. The predicted molar refractivity (Wildman–Crippen MR) is 192 cm³/mol. The van der Waals surface area contributed by atoms with E-state index in [2.05, 4.69) is 10.0 Å². The zero-order valence-electron chi connectivity index (χ0n) is 27.7. The van der Waals surface area contributed by atoms with E-state index >= 15 is 0 Å². The molecule has 0 saturated heterocycles. The second-order valence-electron chi connectivity index (χ2n) is 12.3. The quantitative estimate of drug-likeness (QED) is 0.108. The van der Waals surface area contributed by atoms with Gasteiger partial charge in [-0.1, -0.05) is 74.5 Å².